The Morgan fingerprint density at radius 2 is 2.24 bits per heavy atom. The summed E-state index contributed by atoms with van der Waals surface area (Å²) in [5.74, 6) is 1.47. The van der Waals surface area contributed by atoms with Gasteiger partial charge in [0.2, 0.25) is 5.91 Å². The maximum absolute atomic E-state index is 12.1. The topological polar surface area (TPSA) is 74.8 Å². The summed E-state index contributed by atoms with van der Waals surface area (Å²) >= 11 is 1.27. The van der Waals surface area contributed by atoms with Crippen LogP contribution in [0.2, 0.25) is 0 Å². The minimum absolute atomic E-state index is 0.00936. The first-order chi connectivity index (χ1) is 9.95. The molecule has 0 saturated heterocycles. The molecule has 0 radical (unpaired) electrons. The third kappa shape index (κ3) is 4.59. The number of nitrogens with one attached hydrogen (secondary N) is 2. The highest BCUT2D eigenvalue weighted by molar-refractivity contribution is 7.99. The normalized spacial score (nSPS) is 25.6. The van der Waals surface area contributed by atoms with E-state index < -0.39 is 0 Å². The average molecular weight is 309 g/mol. The molecule has 2 rings (SSSR count). The van der Waals surface area contributed by atoms with Gasteiger partial charge in [-0.2, -0.15) is 0 Å². The molecule has 1 fully saturated rings. The molecule has 116 valence electrons. The Labute approximate surface area is 129 Å². The van der Waals surface area contributed by atoms with E-state index in [0.717, 1.165) is 6.42 Å². The number of thioether (sulfide) groups is 1. The summed E-state index contributed by atoms with van der Waals surface area (Å²) in [6.07, 6.45) is 3.48. The number of aromatic amines is 1. The summed E-state index contributed by atoms with van der Waals surface area (Å²) in [7, 11) is 0. The minimum Gasteiger partial charge on any atom is -0.352 e. The lowest BCUT2D eigenvalue weighted by molar-refractivity contribution is -0.120. The van der Waals surface area contributed by atoms with Gasteiger partial charge in [0.25, 0.3) is 5.56 Å². The maximum Gasteiger partial charge on any atom is 0.251 e. The lowest BCUT2D eigenvalue weighted by Gasteiger charge is -2.34. The number of aryl methyl sites for hydroxylation is 1. The van der Waals surface area contributed by atoms with E-state index in [9.17, 15) is 9.59 Å². The molecule has 6 heteroatoms. The second kappa shape index (κ2) is 7.11. The van der Waals surface area contributed by atoms with E-state index in [4.69, 9.17) is 0 Å². The van der Waals surface area contributed by atoms with Crippen LogP contribution in [0.4, 0.5) is 0 Å². The molecule has 1 heterocycles. The van der Waals surface area contributed by atoms with Crippen molar-refractivity contribution in [3.05, 3.63) is 22.1 Å². The lowest BCUT2D eigenvalue weighted by Crippen LogP contribution is -2.44. The van der Waals surface area contributed by atoms with Crippen LogP contribution >= 0.6 is 11.8 Å². The van der Waals surface area contributed by atoms with Crippen molar-refractivity contribution in [2.45, 2.75) is 51.2 Å². The number of carbonyl (C=O) groups is 1. The predicted octanol–water partition coefficient (Wildman–Crippen LogP) is 2.11. The zero-order valence-electron chi connectivity index (χ0n) is 12.8. The van der Waals surface area contributed by atoms with Crippen molar-refractivity contribution in [3.63, 3.8) is 0 Å². The summed E-state index contributed by atoms with van der Waals surface area (Å²) in [6, 6.07) is 1.71. The molecule has 0 spiro atoms. The summed E-state index contributed by atoms with van der Waals surface area (Å²) in [5.41, 5.74) is 0.483. The summed E-state index contributed by atoms with van der Waals surface area (Å²) < 4.78 is 0. The van der Waals surface area contributed by atoms with Crippen molar-refractivity contribution in [3.8, 4) is 0 Å². The van der Waals surface area contributed by atoms with Gasteiger partial charge in [0.15, 0.2) is 5.16 Å². The van der Waals surface area contributed by atoms with Crippen LogP contribution in [0.25, 0.3) is 0 Å². The predicted molar refractivity (Wildman–Crippen MR) is 84.4 cm³/mol. The van der Waals surface area contributed by atoms with E-state index in [1.807, 2.05) is 0 Å². The molecule has 21 heavy (non-hydrogen) atoms. The van der Waals surface area contributed by atoms with E-state index in [1.54, 1.807) is 6.92 Å². The Morgan fingerprint density at radius 3 is 2.95 bits per heavy atom. The first kappa shape index (κ1) is 16.1. The number of nitrogens with zero attached hydrogens (tertiary/aromatic N) is 1. The number of carbonyl (C=O) groups excluding carboxylic acids is 1. The number of aromatic nitrogens is 2. The number of rotatable bonds is 4. The molecule has 1 aliphatic carbocycles. The molecule has 1 aromatic heterocycles. The lowest BCUT2D eigenvalue weighted by atomic mass is 9.78. The first-order valence-corrected chi connectivity index (χ1v) is 8.44. The maximum atomic E-state index is 12.1. The Hall–Kier alpha value is -1.30. The Balaban J connectivity index is 1.86. The van der Waals surface area contributed by atoms with Crippen molar-refractivity contribution in [1.29, 1.82) is 0 Å². The van der Waals surface area contributed by atoms with Crippen LogP contribution in [0.5, 0.6) is 0 Å². The third-order valence-corrected chi connectivity index (χ3v) is 5.11. The molecule has 0 bridgehead atoms. The summed E-state index contributed by atoms with van der Waals surface area (Å²) in [4.78, 5) is 30.2. The van der Waals surface area contributed by atoms with Crippen LogP contribution in [0.3, 0.4) is 0 Å². The zero-order chi connectivity index (χ0) is 15.4. The molecule has 5 nitrogen and oxygen atoms in total. The first-order valence-electron chi connectivity index (χ1n) is 7.46. The number of H-pyrrole nitrogens is 1. The van der Waals surface area contributed by atoms with E-state index >= 15 is 0 Å². The fourth-order valence-corrected chi connectivity index (χ4v) is 3.52. The third-order valence-electron chi connectivity index (χ3n) is 4.24. The van der Waals surface area contributed by atoms with Gasteiger partial charge >= 0.3 is 0 Å². The monoisotopic (exact) mass is 309 g/mol. The van der Waals surface area contributed by atoms with Crippen molar-refractivity contribution >= 4 is 17.7 Å². The van der Waals surface area contributed by atoms with Crippen LogP contribution in [-0.2, 0) is 4.79 Å². The van der Waals surface area contributed by atoms with Crippen LogP contribution in [0, 0.1) is 18.8 Å². The average Bonchev–Trinajstić information content (AvgIpc) is 2.41. The van der Waals surface area contributed by atoms with Crippen molar-refractivity contribution < 1.29 is 4.79 Å². The Morgan fingerprint density at radius 1 is 1.48 bits per heavy atom. The van der Waals surface area contributed by atoms with E-state index in [0.29, 0.717) is 22.7 Å². The molecule has 1 amide bonds. The minimum atomic E-state index is -0.180. The zero-order valence-corrected chi connectivity index (χ0v) is 13.6. The fourth-order valence-electron chi connectivity index (χ4n) is 2.79. The molecule has 3 atom stereocenters. The second-order valence-corrected chi connectivity index (χ2v) is 6.89. The molecule has 1 aliphatic rings. The summed E-state index contributed by atoms with van der Waals surface area (Å²) in [5, 5.41) is 3.62. The fraction of sp³-hybridized carbons (Fsp3) is 0.667. The van der Waals surface area contributed by atoms with E-state index in [-0.39, 0.29) is 23.3 Å². The molecule has 0 aromatic carbocycles. The molecule has 0 aliphatic heterocycles. The van der Waals surface area contributed by atoms with E-state index in [1.165, 1.54) is 30.7 Å². The van der Waals surface area contributed by atoms with Gasteiger partial charge in [0.1, 0.15) is 0 Å². The smallest absolute Gasteiger partial charge is 0.251 e. The summed E-state index contributed by atoms with van der Waals surface area (Å²) in [6.45, 7) is 6.23. The molecule has 1 aromatic rings. The van der Waals surface area contributed by atoms with Gasteiger partial charge in [0.05, 0.1) is 5.75 Å². The van der Waals surface area contributed by atoms with Gasteiger partial charge < -0.3 is 10.3 Å². The SMILES string of the molecule is Cc1cc(=O)[nH]c(SCC(=O)N[C@@H]2CCC[C@@H](C)[C@H]2C)n1. The highest BCUT2D eigenvalue weighted by atomic mass is 32.2. The molecule has 0 unspecified atom stereocenters. The van der Waals surface area contributed by atoms with E-state index in [2.05, 4.69) is 29.1 Å². The molecular weight excluding hydrogens is 286 g/mol. The van der Waals surface area contributed by atoms with Gasteiger partial charge in [-0.1, -0.05) is 38.5 Å². The molecule has 1 saturated carbocycles. The van der Waals surface area contributed by atoms with Gasteiger partial charge in [-0.25, -0.2) is 4.98 Å². The quantitative estimate of drug-likeness (QED) is 0.660. The number of hydrogen-bond acceptors (Lipinski definition) is 4. The van der Waals surface area contributed by atoms with Crippen molar-refractivity contribution in [2.24, 2.45) is 11.8 Å². The van der Waals surface area contributed by atoms with Gasteiger partial charge in [-0.05, 0) is 25.2 Å². The molecule has 2 N–H and O–H groups in total. The van der Waals surface area contributed by atoms with Gasteiger partial charge in [0, 0.05) is 17.8 Å². The molecular formula is C15H23N3O2S. The van der Waals surface area contributed by atoms with Gasteiger partial charge in [-0.3, -0.25) is 9.59 Å². The largest absolute Gasteiger partial charge is 0.352 e. The Bertz CT molecular complexity index is 558. The van der Waals surface area contributed by atoms with Crippen LogP contribution in [0.15, 0.2) is 16.0 Å². The van der Waals surface area contributed by atoms with Crippen molar-refractivity contribution in [1.82, 2.24) is 15.3 Å². The van der Waals surface area contributed by atoms with Gasteiger partial charge in [-0.15, -0.1) is 0 Å². The number of amides is 1. The second-order valence-electron chi connectivity index (χ2n) is 5.92. The standard InChI is InChI=1S/C15H23N3O2S/c1-9-5-4-6-12(11(9)3)17-14(20)8-21-15-16-10(2)7-13(19)18-15/h7,9,11-12H,4-6,8H2,1-3H3,(H,17,20)(H,16,18,19)/t9-,11-,12-/m1/s1. The highest BCUT2D eigenvalue weighted by Gasteiger charge is 2.27. The van der Waals surface area contributed by atoms with Crippen molar-refractivity contribution in [2.75, 3.05) is 5.75 Å². The van der Waals surface area contributed by atoms with Crippen LogP contribution < -0.4 is 10.9 Å². The Kier molecular flexibility index (Phi) is 5.45. The number of hydrogen-bond donors (Lipinski definition) is 2. The van der Waals surface area contributed by atoms with Crippen LogP contribution in [0.1, 0.15) is 38.8 Å². The highest BCUT2D eigenvalue weighted by Crippen LogP contribution is 2.29. The van der Waals surface area contributed by atoms with Crippen LogP contribution in [-0.4, -0.2) is 27.7 Å².